The molecule has 1 aromatic heterocycles. The van der Waals surface area contributed by atoms with E-state index in [0.717, 1.165) is 18.2 Å². The number of hydrogen-bond acceptors (Lipinski definition) is 2. The van der Waals surface area contributed by atoms with Gasteiger partial charge in [-0.25, -0.2) is 0 Å². The molecule has 2 atom stereocenters. The van der Waals surface area contributed by atoms with E-state index in [0.29, 0.717) is 0 Å². The molecule has 0 saturated carbocycles. The predicted molar refractivity (Wildman–Crippen MR) is 59.5 cm³/mol. The zero-order chi connectivity index (χ0) is 10.0. The van der Waals surface area contributed by atoms with Crippen LogP contribution >= 0.6 is 15.9 Å². The van der Waals surface area contributed by atoms with Gasteiger partial charge in [-0.15, -0.1) is 0 Å². The van der Waals surface area contributed by atoms with Crippen LogP contribution in [0, 0.1) is 0 Å². The molecule has 76 valence electrons. The van der Waals surface area contributed by atoms with Crippen LogP contribution in [0.5, 0.6) is 0 Å². The normalized spacial score (nSPS) is 32.0. The molecule has 1 saturated heterocycles. The van der Waals surface area contributed by atoms with Gasteiger partial charge in [0.2, 0.25) is 0 Å². The Morgan fingerprint density at radius 3 is 2.86 bits per heavy atom. The number of alkyl halides is 1. The summed E-state index contributed by atoms with van der Waals surface area (Å²) in [5.74, 6) is 0. The second kappa shape index (κ2) is 3.99. The third kappa shape index (κ3) is 1.98. The number of ether oxygens (including phenoxy) is 1. The van der Waals surface area contributed by atoms with Crippen LogP contribution in [-0.2, 0) is 4.74 Å². The van der Waals surface area contributed by atoms with Gasteiger partial charge in [-0.3, -0.25) is 4.98 Å². The molecule has 0 aliphatic carbocycles. The molecule has 1 fully saturated rings. The molecular weight excluding hydrogens is 242 g/mol. The third-order valence-electron chi connectivity index (χ3n) is 2.72. The van der Waals surface area contributed by atoms with E-state index in [-0.39, 0.29) is 11.7 Å². The highest BCUT2D eigenvalue weighted by molar-refractivity contribution is 9.09. The number of halogens is 1. The highest BCUT2D eigenvalue weighted by Gasteiger charge is 2.35. The first-order chi connectivity index (χ1) is 6.73. The van der Waals surface area contributed by atoms with E-state index < -0.39 is 0 Å². The lowest BCUT2D eigenvalue weighted by molar-refractivity contribution is -0.0121. The summed E-state index contributed by atoms with van der Waals surface area (Å²) in [5.41, 5.74) is 1.25. The molecule has 1 aromatic rings. The van der Waals surface area contributed by atoms with Crippen LogP contribution in [0.4, 0.5) is 0 Å². The molecule has 1 aliphatic heterocycles. The minimum atomic E-state index is 0.00787. The van der Waals surface area contributed by atoms with Gasteiger partial charge in [0.15, 0.2) is 0 Å². The molecule has 0 spiro atoms. The molecule has 2 unspecified atom stereocenters. The summed E-state index contributed by atoms with van der Waals surface area (Å²) >= 11 is 3.50. The minimum Gasteiger partial charge on any atom is -0.366 e. The van der Waals surface area contributed by atoms with Crippen molar-refractivity contribution in [3.63, 3.8) is 0 Å². The highest BCUT2D eigenvalue weighted by atomic mass is 79.9. The second-order valence-electron chi connectivity index (χ2n) is 4.01. The van der Waals surface area contributed by atoms with Crippen LogP contribution in [0.2, 0.25) is 0 Å². The number of rotatable bonds is 2. The van der Waals surface area contributed by atoms with Crippen LogP contribution in [0.3, 0.4) is 0 Å². The molecule has 0 amide bonds. The molecule has 2 heterocycles. The fraction of sp³-hybridized carbons (Fsp3) is 0.545. The molecule has 3 heteroatoms. The fourth-order valence-electron chi connectivity index (χ4n) is 1.81. The van der Waals surface area contributed by atoms with E-state index in [1.807, 2.05) is 24.5 Å². The summed E-state index contributed by atoms with van der Waals surface area (Å²) in [4.78, 5) is 4.01. The van der Waals surface area contributed by atoms with Crippen LogP contribution in [0.1, 0.15) is 31.4 Å². The number of hydrogen-bond donors (Lipinski definition) is 0. The first-order valence-corrected chi connectivity index (χ1v) is 5.99. The first-order valence-electron chi connectivity index (χ1n) is 4.87. The number of nitrogens with zero attached hydrogens (tertiary/aromatic N) is 1. The Morgan fingerprint density at radius 2 is 2.29 bits per heavy atom. The van der Waals surface area contributed by atoms with Crippen molar-refractivity contribution in [2.45, 2.75) is 31.5 Å². The van der Waals surface area contributed by atoms with Gasteiger partial charge in [-0.2, -0.15) is 0 Å². The van der Waals surface area contributed by atoms with Crippen molar-refractivity contribution in [1.82, 2.24) is 4.98 Å². The van der Waals surface area contributed by atoms with Crippen molar-refractivity contribution in [3.05, 3.63) is 30.1 Å². The number of aromatic nitrogens is 1. The summed E-state index contributed by atoms with van der Waals surface area (Å²) in [6.07, 6.45) is 6.11. The summed E-state index contributed by atoms with van der Waals surface area (Å²) in [6.45, 7) is 2.16. The minimum absolute atomic E-state index is 0.00787. The maximum atomic E-state index is 6.01. The van der Waals surface area contributed by atoms with Crippen LogP contribution in [-0.4, -0.2) is 15.9 Å². The zero-order valence-corrected chi connectivity index (χ0v) is 9.83. The standard InChI is InChI=1S/C11H14BrNO/c1-11(8-12)5-2-10(14-11)9-3-6-13-7-4-9/h3-4,6-7,10H,2,5,8H2,1H3. The molecule has 14 heavy (non-hydrogen) atoms. The Hall–Kier alpha value is -0.410. The van der Waals surface area contributed by atoms with Crippen molar-refractivity contribution in [1.29, 1.82) is 0 Å². The molecular formula is C11H14BrNO. The quantitative estimate of drug-likeness (QED) is 0.758. The lowest BCUT2D eigenvalue weighted by Gasteiger charge is -2.22. The average molecular weight is 256 g/mol. The lowest BCUT2D eigenvalue weighted by atomic mass is 10.0. The maximum Gasteiger partial charge on any atom is 0.0834 e. The van der Waals surface area contributed by atoms with E-state index in [1.165, 1.54) is 5.56 Å². The summed E-state index contributed by atoms with van der Waals surface area (Å²) in [5, 5.41) is 0.904. The Kier molecular flexibility index (Phi) is 2.88. The summed E-state index contributed by atoms with van der Waals surface area (Å²) < 4.78 is 6.01. The second-order valence-corrected chi connectivity index (χ2v) is 4.57. The molecule has 0 radical (unpaired) electrons. The Morgan fingerprint density at radius 1 is 1.57 bits per heavy atom. The number of pyridine rings is 1. The summed E-state index contributed by atoms with van der Waals surface area (Å²) in [7, 11) is 0. The molecule has 2 nitrogen and oxygen atoms in total. The van der Waals surface area contributed by atoms with Gasteiger partial charge in [0.1, 0.15) is 0 Å². The SMILES string of the molecule is CC1(CBr)CCC(c2ccncc2)O1. The molecule has 0 N–H and O–H groups in total. The van der Waals surface area contributed by atoms with Gasteiger partial charge in [0, 0.05) is 17.7 Å². The summed E-state index contributed by atoms with van der Waals surface area (Å²) in [6, 6.07) is 4.06. The van der Waals surface area contributed by atoms with E-state index in [2.05, 4.69) is 27.8 Å². The van der Waals surface area contributed by atoms with Crippen LogP contribution in [0.25, 0.3) is 0 Å². The van der Waals surface area contributed by atoms with Crippen molar-refractivity contribution < 1.29 is 4.74 Å². The van der Waals surface area contributed by atoms with Crippen LogP contribution < -0.4 is 0 Å². The molecule has 1 aliphatic rings. The van der Waals surface area contributed by atoms with Gasteiger partial charge >= 0.3 is 0 Å². The maximum absolute atomic E-state index is 6.01. The highest BCUT2D eigenvalue weighted by Crippen LogP contribution is 2.39. The third-order valence-corrected chi connectivity index (χ3v) is 3.91. The Labute approximate surface area is 92.8 Å². The Balaban J connectivity index is 2.10. The van der Waals surface area contributed by atoms with Gasteiger partial charge in [0.25, 0.3) is 0 Å². The first kappa shape index (κ1) is 10.1. The molecule has 0 aromatic carbocycles. The Bertz CT molecular complexity index is 303. The van der Waals surface area contributed by atoms with Crippen molar-refractivity contribution >= 4 is 15.9 Å². The van der Waals surface area contributed by atoms with Crippen molar-refractivity contribution in [2.75, 3.05) is 5.33 Å². The molecule has 2 rings (SSSR count). The smallest absolute Gasteiger partial charge is 0.0834 e. The zero-order valence-electron chi connectivity index (χ0n) is 8.24. The fourth-order valence-corrected chi connectivity index (χ4v) is 2.22. The lowest BCUT2D eigenvalue weighted by Crippen LogP contribution is -2.24. The predicted octanol–water partition coefficient (Wildman–Crippen LogP) is 3.09. The monoisotopic (exact) mass is 255 g/mol. The van der Waals surface area contributed by atoms with Gasteiger partial charge in [0.05, 0.1) is 11.7 Å². The van der Waals surface area contributed by atoms with Gasteiger partial charge < -0.3 is 4.74 Å². The van der Waals surface area contributed by atoms with E-state index in [9.17, 15) is 0 Å². The largest absolute Gasteiger partial charge is 0.366 e. The van der Waals surface area contributed by atoms with Crippen molar-refractivity contribution in [2.24, 2.45) is 0 Å². The molecule has 0 bridgehead atoms. The van der Waals surface area contributed by atoms with E-state index in [4.69, 9.17) is 4.74 Å². The van der Waals surface area contributed by atoms with Crippen molar-refractivity contribution in [3.8, 4) is 0 Å². The topological polar surface area (TPSA) is 22.1 Å². The van der Waals surface area contributed by atoms with E-state index in [1.54, 1.807) is 0 Å². The van der Waals surface area contributed by atoms with Gasteiger partial charge in [-0.1, -0.05) is 15.9 Å². The van der Waals surface area contributed by atoms with E-state index >= 15 is 0 Å². The van der Waals surface area contributed by atoms with Gasteiger partial charge in [-0.05, 0) is 37.5 Å². The average Bonchev–Trinajstić information content (AvgIpc) is 2.63. The van der Waals surface area contributed by atoms with Crippen LogP contribution in [0.15, 0.2) is 24.5 Å².